The van der Waals surface area contributed by atoms with Gasteiger partial charge in [-0.05, 0) is 52.7 Å². The quantitative estimate of drug-likeness (QED) is 0.641. The predicted molar refractivity (Wildman–Crippen MR) is 120 cm³/mol. The second-order valence-electron chi connectivity index (χ2n) is 8.63. The van der Waals surface area contributed by atoms with E-state index in [0.29, 0.717) is 19.4 Å². The van der Waals surface area contributed by atoms with E-state index in [1.165, 1.54) is 13.3 Å². The van der Waals surface area contributed by atoms with Crippen molar-refractivity contribution < 1.29 is 14.3 Å². The molecule has 2 heterocycles. The van der Waals surface area contributed by atoms with Crippen LogP contribution < -0.4 is 5.73 Å². The molecule has 0 spiro atoms. The molecule has 162 valence electrons. The Labute approximate surface area is 185 Å². The van der Waals surface area contributed by atoms with Crippen molar-refractivity contribution in [3.05, 3.63) is 34.4 Å². The number of rotatable bonds is 5. The van der Waals surface area contributed by atoms with E-state index in [1.54, 1.807) is 0 Å². The molecule has 1 saturated heterocycles. The maximum atomic E-state index is 13.4. The summed E-state index contributed by atoms with van der Waals surface area (Å²) in [6.45, 7) is 2.00. The number of hydrogen-bond acceptors (Lipinski definition) is 4. The van der Waals surface area contributed by atoms with E-state index in [9.17, 15) is 9.59 Å². The third kappa shape index (κ3) is 4.28. The van der Waals surface area contributed by atoms with Gasteiger partial charge in [0.15, 0.2) is 0 Å². The molecule has 1 aromatic heterocycles. The lowest BCUT2D eigenvalue weighted by Gasteiger charge is -2.33. The normalized spacial score (nSPS) is 23.6. The smallest absolute Gasteiger partial charge is 0.302 e. The first-order valence-electron chi connectivity index (χ1n) is 10.9. The summed E-state index contributed by atoms with van der Waals surface area (Å²) in [5.41, 5.74) is 8.60. The average molecular weight is 476 g/mol. The van der Waals surface area contributed by atoms with E-state index in [-0.39, 0.29) is 29.9 Å². The average Bonchev–Trinajstić information content (AvgIpc) is 3.28. The molecular weight excluding hydrogens is 446 g/mol. The van der Waals surface area contributed by atoms with Gasteiger partial charge in [-0.3, -0.25) is 9.59 Å². The number of nitrogens with zero attached hydrogens (tertiary/aromatic N) is 1. The molecule has 6 nitrogen and oxygen atoms in total. The van der Waals surface area contributed by atoms with Gasteiger partial charge in [0.25, 0.3) is 0 Å². The van der Waals surface area contributed by atoms with E-state index in [0.717, 1.165) is 46.8 Å². The fourth-order valence-electron chi connectivity index (χ4n) is 5.15. The molecule has 1 aromatic carbocycles. The Balaban J connectivity index is 1.60. The minimum absolute atomic E-state index is 0.00230. The third-order valence-electron chi connectivity index (χ3n) is 6.70. The molecule has 3 atom stereocenters. The zero-order valence-electron chi connectivity index (χ0n) is 17.4. The molecule has 2 aliphatic rings. The van der Waals surface area contributed by atoms with E-state index < -0.39 is 6.04 Å². The number of fused-ring (bicyclic) bond motifs is 1. The van der Waals surface area contributed by atoms with Crippen LogP contribution in [0, 0.1) is 5.92 Å². The van der Waals surface area contributed by atoms with Crippen LogP contribution in [-0.2, 0) is 20.7 Å². The van der Waals surface area contributed by atoms with Crippen LogP contribution in [0.1, 0.15) is 51.0 Å². The molecule has 0 bridgehead atoms. The molecule has 0 unspecified atom stereocenters. The van der Waals surface area contributed by atoms with Gasteiger partial charge in [-0.1, -0.05) is 37.5 Å². The molecule has 0 radical (unpaired) electrons. The SMILES string of the molecule is CC(=O)O[C@@H]1CCN(C(=O)[C@@H](N)C2CCCCC2)[C@@H]1Cc1c(Br)[nH]c2ccccc12. The van der Waals surface area contributed by atoms with Gasteiger partial charge in [-0.25, -0.2) is 0 Å². The predicted octanol–water partition coefficient (Wildman–Crippen LogP) is 3.91. The first-order valence-corrected chi connectivity index (χ1v) is 11.7. The Morgan fingerprint density at radius 3 is 2.70 bits per heavy atom. The van der Waals surface area contributed by atoms with Crippen LogP contribution in [0.5, 0.6) is 0 Å². The van der Waals surface area contributed by atoms with Crippen molar-refractivity contribution in [3.8, 4) is 0 Å². The first-order chi connectivity index (χ1) is 14.5. The van der Waals surface area contributed by atoms with Gasteiger partial charge in [0.05, 0.1) is 16.7 Å². The van der Waals surface area contributed by atoms with E-state index in [2.05, 4.69) is 27.0 Å². The van der Waals surface area contributed by atoms with Crippen molar-refractivity contribution >= 4 is 38.7 Å². The largest absolute Gasteiger partial charge is 0.460 e. The number of aromatic nitrogens is 1. The van der Waals surface area contributed by atoms with Crippen LogP contribution in [0.4, 0.5) is 0 Å². The summed E-state index contributed by atoms with van der Waals surface area (Å²) in [5.74, 6) is -0.0640. The molecule has 1 saturated carbocycles. The molecule has 4 rings (SSSR count). The van der Waals surface area contributed by atoms with Crippen LogP contribution in [0.3, 0.4) is 0 Å². The highest BCUT2D eigenvalue weighted by Gasteiger charge is 2.42. The Bertz CT molecular complexity index is 922. The standard InChI is InChI=1S/C23H30BrN3O3/c1-14(28)30-20-11-12-27(23(29)21(25)15-7-3-2-4-8-15)19(20)13-17-16-9-5-6-10-18(16)26-22(17)24/h5-6,9-10,15,19-21,26H,2-4,7-8,11-13,25H2,1H3/t19-,20-,21+/m1/s1. The number of ether oxygens (including phenoxy) is 1. The summed E-state index contributed by atoms with van der Waals surface area (Å²) >= 11 is 3.64. The van der Waals surface area contributed by atoms with Crippen molar-refractivity contribution in [3.63, 3.8) is 0 Å². The van der Waals surface area contributed by atoms with Crippen LogP contribution in [0.25, 0.3) is 10.9 Å². The summed E-state index contributed by atoms with van der Waals surface area (Å²) in [6.07, 6.45) is 6.50. The summed E-state index contributed by atoms with van der Waals surface area (Å²) in [5, 5.41) is 1.11. The molecular formula is C23H30BrN3O3. The highest BCUT2D eigenvalue weighted by molar-refractivity contribution is 9.10. The third-order valence-corrected chi connectivity index (χ3v) is 7.38. The van der Waals surface area contributed by atoms with Crippen molar-refractivity contribution in [2.24, 2.45) is 11.7 Å². The first kappa shape index (κ1) is 21.4. The number of para-hydroxylation sites is 1. The van der Waals surface area contributed by atoms with Crippen molar-refractivity contribution in [2.75, 3.05) is 6.54 Å². The van der Waals surface area contributed by atoms with Gasteiger partial charge in [-0.15, -0.1) is 0 Å². The van der Waals surface area contributed by atoms with Crippen molar-refractivity contribution in [1.82, 2.24) is 9.88 Å². The van der Waals surface area contributed by atoms with E-state index >= 15 is 0 Å². The number of likely N-dealkylation sites (tertiary alicyclic amines) is 1. The van der Waals surface area contributed by atoms with Gasteiger partial charge in [0.1, 0.15) is 6.10 Å². The van der Waals surface area contributed by atoms with Crippen LogP contribution in [0.15, 0.2) is 28.9 Å². The number of nitrogens with two attached hydrogens (primary N) is 1. The second-order valence-corrected chi connectivity index (χ2v) is 9.42. The van der Waals surface area contributed by atoms with Crippen molar-refractivity contribution in [1.29, 1.82) is 0 Å². The van der Waals surface area contributed by atoms with Crippen LogP contribution >= 0.6 is 15.9 Å². The monoisotopic (exact) mass is 475 g/mol. The number of carbonyl (C=O) groups is 2. The van der Waals surface area contributed by atoms with Gasteiger partial charge >= 0.3 is 5.97 Å². The van der Waals surface area contributed by atoms with Crippen LogP contribution in [0.2, 0.25) is 0 Å². The maximum absolute atomic E-state index is 13.4. The number of carbonyl (C=O) groups excluding carboxylic acids is 2. The van der Waals surface area contributed by atoms with Gasteiger partial charge in [0, 0.05) is 30.8 Å². The van der Waals surface area contributed by atoms with E-state index in [1.807, 2.05) is 23.1 Å². The fraction of sp³-hybridized carbons (Fsp3) is 0.565. The number of hydrogen-bond donors (Lipinski definition) is 2. The Morgan fingerprint density at radius 1 is 1.23 bits per heavy atom. The highest BCUT2D eigenvalue weighted by atomic mass is 79.9. The lowest BCUT2D eigenvalue weighted by Crippen LogP contribution is -2.52. The topological polar surface area (TPSA) is 88.4 Å². The lowest BCUT2D eigenvalue weighted by molar-refractivity contribution is -0.149. The number of amides is 1. The minimum atomic E-state index is -0.477. The summed E-state index contributed by atoms with van der Waals surface area (Å²) in [7, 11) is 0. The second kappa shape index (κ2) is 9.10. The molecule has 3 N–H and O–H groups in total. The molecule has 2 fully saturated rings. The number of H-pyrrole nitrogens is 1. The number of halogens is 1. The Hall–Kier alpha value is -1.86. The minimum Gasteiger partial charge on any atom is -0.460 e. The molecule has 1 aliphatic carbocycles. The molecule has 1 amide bonds. The van der Waals surface area contributed by atoms with Crippen molar-refractivity contribution in [2.45, 2.75) is 70.1 Å². The summed E-state index contributed by atoms with van der Waals surface area (Å²) < 4.78 is 6.53. The molecule has 7 heteroatoms. The highest BCUT2D eigenvalue weighted by Crippen LogP contribution is 2.34. The number of nitrogens with one attached hydrogen (secondary N) is 1. The lowest BCUT2D eigenvalue weighted by atomic mass is 9.83. The van der Waals surface area contributed by atoms with Crippen LogP contribution in [-0.4, -0.2) is 46.5 Å². The summed E-state index contributed by atoms with van der Waals surface area (Å²) in [4.78, 5) is 30.4. The summed E-state index contributed by atoms with van der Waals surface area (Å²) in [6, 6.07) is 7.41. The van der Waals surface area contributed by atoms with E-state index in [4.69, 9.17) is 10.5 Å². The zero-order valence-corrected chi connectivity index (χ0v) is 19.0. The van der Waals surface area contributed by atoms with Gasteiger partial charge in [0.2, 0.25) is 5.91 Å². The fourth-order valence-corrected chi connectivity index (χ4v) is 5.74. The molecule has 2 aromatic rings. The number of aromatic amines is 1. The molecule has 30 heavy (non-hydrogen) atoms. The Kier molecular flexibility index (Phi) is 6.48. The maximum Gasteiger partial charge on any atom is 0.302 e. The number of esters is 1. The number of benzene rings is 1. The van der Waals surface area contributed by atoms with Gasteiger partial charge < -0.3 is 20.4 Å². The Morgan fingerprint density at radius 2 is 1.97 bits per heavy atom. The van der Waals surface area contributed by atoms with Gasteiger partial charge in [-0.2, -0.15) is 0 Å². The molecule has 1 aliphatic heterocycles. The zero-order chi connectivity index (χ0) is 21.3.